The first kappa shape index (κ1) is 21.0. The summed E-state index contributed by atoms with van der Waals surface area (Å²) in [6.45, 7) is 1.84. The highest BCUT2D eigenvalue weighted by atomic mass is 35.5. The van der Waals surface area contributed by atoms with Crippen LogP contribution in [0.5, 0.6) is 11.5 Å². The molecule has 0 fully saturated rings. The van der Waals surface area contributed by atoms with Gasteiger partial charge in [-0.15, -0.1) is 0 Å². The average molecular weight is 423 g/mol. The van der Waals surface area contributed by atoms with E-state index in [-0.39, 0.29) is 5.57 Å². The van der Waals surface area contributed by atoms with E-state index in [4.69, 9.17) is 21.1 Å². The molecule has 0 aliphatic heterocycles. The highest BCUT2D eigenvalue weighted by Crippen LogP contribution is 2.33. The molecule has 0 aliphatic rings. The van der Waals surface area contributed by atoms with E-state index in [1.165, 1.54) is 6.08 Å². The molecule has 30 heavy (non-hydrogen) atoms. The summed E-state index contributed by atoms with van der Waals surface area (Å²) < 4.78 is 10.6. The third-order valence-corrected chi connectivity index (χ3v) is 4.69. The Labute approximate surface area is 178 Å². The van der Waals surface area contributed by atoms with Crippen LogP contribution in [-0.2, 0) is 4.79 Å². The molecule has 152 valence electrons. The number of amides is 1. The second kappa shape index (κ2) is 9.16. The van der Waals surface area contributed by atoms with Crippen molar-refractivity contribution in [2.24, 2.45) is 0 Å². The molecule has 0 bridgehead atoms. The molecule has 3 rings (SSSR count). The van der Waals surface area contributed by atoms with E-state index in [9.17, 15) is 10.1 Å². The monoisotopic (exact) mass is 422 g/mol. The van der Waals surface area contributed by atoms with Crippen molar-refractivity contribution in [3.63, 3.8) is 0 Å². The summed E-state index contributed by atoms with van der Waals surface area (Å²) in [6.07, 6.45) is 3.02. The largest absolute Gasteiger partial charge is 0.493 e. The van der Waals surface area contributed by atoms with Crippen molar-refractivity contribution in [1.82, 2.24) is 10.2 Å². The second-order valence-electron chi connectivity index (χ2n) is 6.35. The zero-order chi connectivity index (χ0) is 21.7. The summed E-state index contributed by atoms with van der Waals surface area (Å²) in [5.41, 5.74) is 3.28. The third kappa shape index (κ3) is 4.45. The van der Waals surface area contributed by atoms with Crippen molar-refractivity contribution in [2.75, 3.05) is 19.5 Å². The Morgan fingerprint density at radius 1 is 1.20 bits per heavy atom. The number of anilines is 1. The SMILES string of the molecule is COc1ccc(-c2[nH]ncc2/C=C(\C#N)C(=O)Nc2cc(Cl)ccc2C)cc1OC. The van der Waals surface area contributed by atoms with Gasteiger partial charge in [-0.3, -0.25) is 9.89 Å². The summed E-state index contributed by atoms with van der Waals surface area (Å²) in [5.74, 6) is 0.600. The number of rotatable bonds is 6. The van der Waals surface area contributed by atoms with Gasteiger partial charge >= 0.3 is 0 Å². The van der Waals surface area contributed by atoms with Gasteiger partial charge in [0.1, 0.15) is 11.6 Å². The number of aromatic nitrogens is 2. The van der Waals surface area contributed by atoms with Crippen molar-refractivity contribution in [3.05, 3.63) is 64.3 Å². The molecule has 3 aromatic rings. The smallest absolute Gasteiger partial charge is 0.266 e. The van der Waals surface area contributed by atoms with E-state index in [0.717, 1.165) is 11.1 Å². The number of hydrogen-bond donors (Lipinski definition) is 2. The minimum Gasteiger partial charge on any atom is -0.493 e. The molecule has 2 aromatic carbocycles. The molecule has 8 heteroatoms. The van der Waals surface area contributed by atoms with Crippen molar-refractivity contribution in [2.45, 2.75) is 6.92 Å². The van der Waals surface area contributed by atoms with Gasteiger partial charge in [0.25, 0.3) is 5.91 Å². The molecule has 0 spiro atoms. The number of benzene rings is 2. The van der Waals surface area contributed by atoms with Crippen molar-refractivity contribution in [3.8, 4) is 28.8 Å². The Hall–Kier alpha value is -3.76. The summed E-state index contributed by atoms with van der Waals surface area (Å²) >= 11 is 6.00. The number of H-pyrrole nitrogens is 1. The zero-order valence-electron chi connectivity index (χ0n) is 16.6. The van der Waals surface area contributed by atoms with Crippen molar-refractivity contribution >= 4 is 29.3 Å². The summed E-state index contributed by atoms with van der Waals surface area (Å²) in [5, 5.41) is 19.7. The number of nitrogens with one attached hydrogen (secondary N) is 2. The number of methoxy groups -OCH3 is 2. The van der Waals surface area contributed by atoms with E-state index in [1.54, 1.807) is 50.7 Å². The zero-order valence-corrected chi connectivity index (χ0v) is 17.4. The van der Waals surface area contributed by atoms with E-state index in [1.807, 2.05) is 19.1 Å². The van der Waals surface area contributed by atoms with Crippen LogP contribution in [0, 0.1) is 18.3 Å². The van der Waals surface area contributed by atoms with Gasteiger partial charge in [0.2, 0.25) is 0 Å². The summed E-state index contributed by atoms with van der Waals surface area (Å²) in [4.78, 5) is 12.7. The van der Waals surface area contributed by atoms with Gasteiger partial charge < -0.3 is 14.8 Å². The number of carbonyl (C=O) groups excluding carboxylic acids is 1. The van der Waals surface area contributed by atoms with Gasteiger partial charge in [-0.05, 0) is 48.9 Å². The predicted octanol–water partition coefficient (Wildman–Crippen LogP) is 4.60. The van der Waals surface area contributed by atoms with E-state index in [2.05, 4.69) is 15.5 Å². The first-order chi connectivity index (χ1) is 14.5. The van der Waals surface area contributed by atoms with E-state index in [0.29, 0.717) is 33.5 Å². The highest BCUT2D eigenvalue weighted by Gasteiger charge is 2.15. The molecule has 2 N–H and O–H groups in total. The Balaban J connectivity index is 1.93. The number of halogens is 1. The lowest BCUT2D eigenvalue weighted by Crippen LogP contribution is -2.14. The Morgan fingerprint density at radius 2 is 1.97 bits per heavy atom. The normalized spacial score (nSPS) is 11.0. The van der Waals surface area contributed by atoms with Crippen molar-refractivity contribution < 1.29 is 14.3 Å². The number of nitriles is 1. The molecule has 1 heterocycles. The molecule has 0 atom stereocenters. The molecule has 0 radical (unpaired) electrons. The predicted molar refractivity (Wildman–Crippen MR) is 116 cm³/mol. The molecule has 0 unspecified atom stereocenters. The average Bonchev–Trinajstić information content (AvgIpc) is 3.22. The molecule has 7 nitrogen and oxygen atoms in total. The van der Waals surface area contributed by atoms with Gasteiger partial charge in [0, 0.05) is 21.8 Å². The highest BCUT2D eigenvalue weighted by molar-refractivity contribution is 6.31. The minimum atomic E-state index is -0.540. The third-order valence-electron chi connectivity index (χ3n) is 4.45. The molecule has 0 aliphatic carbocycles. The van der Waals surface area contributed by atoms with Gasteiger partial charge in [-0.1, -0.05) is 17.7 Å². The van der Waals surface area contributed by atoms with Gasteiger partial charge in [-0.25, -0.2) is 0 Å². The van der Waals surface area contributed by atoms with Crippen molar-refractivity contribution in [1.29, 1.82) is 5.26 Å². The fourth-order valence-corrected chi connectivity index (χ4v) is 3.02. The van der Waals surface area contributed by atoms with Gasteiger partial charge in [0.15, 0.2) is 11.5 Å². The van der Waals surface area contributed by atoms with Crippen LogP contribution >= 0.6 is 11.6 Å². The van der Waals surface area contributed by atoms with Gasteiger partial charge in [0.05, 0.1) is 26.1 Å². The maximum atomic E-state index is 12.7. The lowest BCUT2D eigenvalue weighted by atomic mass is 10.0. The molecule has 0 saturated heterocycles. The number of hydrogen-bond acceptors (Lipinski definition) is 5. The maximum absolute atomic E-state index is 12.7. The molecule has 0 saturated carbocycles. The number of aryl methyl sites for hydroxylation is 1. The van der Waals surface area contributed by atoms with Crippen LogP contribution in [0.2, 0.25) is 5.02 Å². The fourth-order valence-electron chi connectivity index (χ4n) is 2.85. The first-order valence-corrected chi connectivity index (χ1v) is 9.29. The Kier molecular flexibility index (Phi) is 6.40. The number of ether oxygens (including phenoxy) is 2. The van der Waals surface area contributed by atoms with Crippen LogP contribution in [-0.4, -0.2) is 30.3 Å². The number of nitrogens with zero attached hydrogens (tertiary/aromatic N) is 2. The van der Waals surface area contributed by atoms with Crippen LogP contribution in [0.15, 0.2) is 48.2 Å². The Bertz CT molecular complexity index is 1160. The van der Waals surface area contributed by atoms with Gasteiger partial charge in [-0.2, -0.15) is 10.4 Å². The van der Waals surface area contributed by atoms with Crippen LogP contribution in [0.4, 0.5) is 5.69 Å². The molecular weight excluding hydrogens is 404 g/mol. The Morgan fingerprint density at radius 3 is 2.67 bits per heavy atom. The van der Waals surface area contributed by atoms with Crippen LogP contribution in [0.25, 0.3) is 17.3 Å². The maximum Gasteiger partial charge on any atom is 0.266 e. The molecular formula is C22H19ClN4O3. The molecule has 1 amide bonds. The first-order valence-electron chi connectivity index (χ1n) is 8.92. The summed E-state index contributed by atoms with van der Waals surface area (Å²) in [6, 6.07) is 12.5. The topological polar surface area (TPSA) is 100 Å². The van der Waals surface area contributed by atoms with Crippen LogP contribution in [0.3, 0.4) is 0 Å². The standard InChI is InChI=1S/C22H19ClN4O3/c1-13-4-6-17(23)10-18(13)26-22(28)15(11-24)8-16-12-25-27-21(16)14-5-7-19(29-2)20(9-14)30-3/h4-10,12H,1-3H3,(H,25,27)(H,26,28)/b15-8+. The minimum absolute atomic E-state index is 0.0718. The van der Waals surface area contributed by atoms with Crippen LogP contribution < -0.4 is 14.8 Å². The summed E-state index contributed by atoms with van der Waals surface area (Å²) in [7, 11) is 3.10. The van der Waals surface area contributed by atoms with E-state index >= 15 is 0 Å². The number of carbonyl (C=O) groups is 1. The number of aromatic amines is 1. The van der Waals surface area contributed by atoms with E-state index < -0.39 is 5.91 Å². The lowest BCUT2D eigenvalue weighted by Gasteiger charge is -2.10. The lowest BCUT2D eigenvalue weighted by molar-refractivity contribution is -0.112. The van der Waals surface area contributed by atoms with Crippen LogP contribution in [0.1, 0.15) is 11.1 Å². The quantitative estimate of drug-likeness (QED) is 0.446. The molecule has 1 aromatic heterocycles. The fraction of sp³-hybridized carbons (Fsp3) is 0.136. The second-order valence-corrected chi connectivity index (χ2v) is 6.79.